The Kier molecular flexibility index (Phi) is 5.66. The molecule has 3 aromatic rings. The summed E-state index contributed by atoms with van der Waals surface area (Å²) >= 11 is 0. The smallest absolute Gasteiger partial charge is 0.274 e. The molecule has 6 nitrogen and oxygen atoms in total. The third-order valence-corrected chi connectivity index (χ3v) is 4.08. The second kappa shape index (κ2) is 8.31. The number of carbonyl (C=O) groups is 1. The van der Waals surface area contributed by atoms with Gasteiger partial charge in [0.1, 0.15) is 11.4 Å². The van der Waals surface area contributed by atoms with E-state index in [0.29, 0.717) is 29.6 Å². The number of nitrogens with one attached hydrogen (secondary N) is 1. The molecule has 1 aromatic heterocycles. The van der Waals surface area contributed by atoms with Crippen molar-refractivity contribution >= 4 is 17.5 Å². The molecular formula is C21H22N4O2. The van der Waals surface area contributed by atoms with Crippen LogP contribution in [0.5, 0.6) is 5.75 Å². The zero-order chi connectivity index (χ0) is 19.2. The van der Waals surface area contributed by atoms with E-state index in [1.54, 1.807) is 19.4 Å². The van der Waals surface area contributed by atoms with Crippen molar-refractivity contribution in [3.63, 3.8) is 0 Å². The van der Waals surface area contributed by atoms with E-state index in [1.807, 2.05) is 67.4 Å². The Labute approximate surface area is 158 Å². The van der Waals surface area contributed by atoms with E-state index < -0.39 is 0 Å². The van der Waals surface area contributed by atoms with Crippen molar-refractivity contribution in [2.75, 3.05) is 24.4 Å². The molecule has 6 heteroatoms. The topological polar surface area (TPSA) is 67.3 Å². The van der Waals surface area contributed by atoms with Crippen LogP contribution >= 0.6 is 0 Å². The number of methoxy groups -OCH3 is 1. The summed E-state index contributed by atoms with van der Waals surface area (Å²) in [4.78, 5) is 23.2. The summed E-state index contributed by atoms with van der Waals surface area (Å²) in [5.74, 6) is 0.780. The molecule has 0 aliphatic heterocycles. The number of aromatic nitrogens is 2. The van der Waals surface area contributed by atoms with Gasteiger partial charge in [-0.2, -0.15) is 0 Å². The minimum absolute atomic E-state index is 0.295. The van der Waals surface area contributed by atoms with Gasteiger partial charge in [0.25, 0.3) is 5.91 Å². The first kappa shape index (κ1) is 18.4. The number of aryl methyl sites for hydroxylation is 1. The SMILES string of the molecule is COc1ccc(C)cc1NC(=O)c1ccnc(N(C)Cc2ccccc2)n1. The Morgan fingerprint density at radius 3 is 2.67 bits per heavy atom. The fraction of sp³-hybridized carbons (Fsp3) is 0.190. The number of carbonyl (C=O) groups excluding carboxylic acids is 1. The largest absolute Gasteiger partial charge is 0.495 e. The van der Waals surface area contributed by atoms with E-state index in [-0.39, 0.29) is 5.91 Å². The van der Waals surface area contributed by atoms with Crippen LogP contribution in [0.1, 0.15) is 21.6 Å². The molecule has 0 fully saturated rings. The first-order valence-electron chi connectivity index (χ1n) is 8.61. The van der Waals surface area contributed by atoms with Crippen molar-refractivity contribution in [1.82, 2.24) is 9.97 Å². The van der Waals surface area contributed by atoms with Gasteiger partial charge in [0.05, 0.1) is 12.8 Å². The lowest BCUT2D eigenvalue weighted by atomic mass is 10.2. The second-order valence-corrected chi connectivity index (χ2v) is 6.24. The molecule has 2 aromatic carbocycles. The van der Waals surface area contributed by atoms with E-state index in [2.05, 4.69) is 15.3 Å². The molecule has 3 rings (SSSR count). The molecule has 1 heterocycles. The highest BCUT2D eigenvalue weighted by molar-refractivity contribution is 6.03. The van der Waals surface area contributed by atoms with E-state index >= 15 is 0 Å². The van der Waals surface area contributed by atoms with Gasteiger partial charge in [0.2, 0.25) is 5.95 Å². The Morgan fingerprint density at radius 2 is 1.93 bits per heavy atom. The molecule has 0 unspecified atom stereocenters. The van der Waals surface area contributed by atoms with Gasteiger partial charge in [-0.3, -0.25) is 4.79 Å². The molecule has 0 saturated heterocycles. The highest BCUT2D eigenvalue weighted by Crippen LogP contribution is 2.25. The maximum absolute atomic E-state index is 12.7. The number of nitrogens with zero attached hydrogens (tertiary/aromatic N) is 3. The Bertz CT molecular complexity index is 928. The van der Waals surface area contributed by atoms with Gasteiger partial charge in [-0.25, -0.2) is 9.97 Å². The van der Waals surface area contributed by atoms with Crippen LogP contribution in [-0.2, 0) is 6.54 Å². The number of anilines is 2. The van der Waals surface area contributed by atoms with Crippen molar-refractivity contribution in [1.29, 1.82) is 0 Å². The summed E-state index contributed by atoms with van der Waals surface area (Å²) in [6, 6.07) is 17.2. The number of ether oxygens (including phenoxy) is 1. The van der Waals surface area contributed by atoms with Crippen molar-refractivity contribution in [3.05, 3.63) is 77.6 Å². The molecule has 138 valence electrons. The molecule has 27 heavy (non-hydrogen) atoms. The van der Waals surface area contributed by atoms with Crippen LogP contribution in [0.15, 0.2) is 60.8 Å². The van der Waals surface area contributed by atoms with Crippen LogP contribution in [0.2, 0.25) is 0 Å². The van der Waals surface area contributed by atoms with Gasteiger partial charge in [0.15, 0.2) is 0 Å². The minimum Gasteiger partial charge on any atom is -0.495 e. The summed E-state index contributed by atoms with van der Waals surface area (Å²) in [7, 11) is 3.47. The van der Waals surface area contributed by atoms with Crippen molar-refractivity contribution in [2.24, 2.45) is 0 Å². The van der Waals surface area contributed by atoms with Crippen molar-refractivity contribution < 1.29 is 9.53 Å². The number of amides is 1. The van der Waals surface area contributed by atoms with E-state index in [4.69, 9.17) is 4.74 Å². The molecule has 0 atom stereocenters. The average Bonchev–Trinajstić information content (AvgIpc) is 2.69. The summed E-state index contributed by atoms with van der Waals surface area (Å²) in [6.07, 6.45) is 1.59. The quantitative estimate of drug-likeness (QED) is 0.724. The van der Waals surface area contributed by atoms with Crippen LogP contribution in [0.4, 0.5) is 11.6 Å². The van der Waals surface area contributed by atoms with Crippen LogP contribution in [0.25, 0.3) is 0 Å². The third kappa shape index (κ3) is 4.61. The highest BCUT2D eigenvalue weighted by Gasteiger charge is 2.14. The second-order valence-electron chi connectivity index (χ2n) is 6.24. The molecule has 0 aliphatic rings. The predicted octanol–water partition coefficient (Wildman–Crippen LogP) is 3.68. The van der Waals surface area contributed by atoms with Gasteiger partial charge in [-0.05, 0) is 36.2 Å². The first-order valence-corrected chi connectivity index (χ1v) is 8.61. The number of rotatable bonds is 6. The molecule has 0 aliphatic carbocycles. The van der Waals surface area contributed by atoms with Gasteiger partial charge >= 0.3 is 0 Å². The van der Waals surface area contributed by atoms with E-state index in [9.17, 15) is 4.79 Å². The summed E-state index contributed by atoms with van der Waals surface area (Å²) in [5, 5.41) is 2.86. The van der Waals surface area contributed by atoms with Crippen molar-refractivity contribution in [3.8, 4) is 5.75 Å². The van der Waals surface area contributed by atoms with Gasteiger partial charge in [-0.15, -0.1) is 0 Å². The normalized spacial score (nSPS) is 10.3. The number of benzene rings is 2. The fourth-order valence-corrected chi connectivity index (χ4v) is 2.69. The van der Waals surface area contributed by atoms with Gasteiger partial charge in [-0.1, -0.05) is 36.4 Å². The van der Waals surface area contributed by atoms with Crippen LogP contribution in [0.3, 0.4) is 0 Å². The van der Waals surface area contributed by atoms with Crippen LogP contribution in [0, 0.1) is 6.92 Å². The van der Waals surface area contributed by atoms with Crippen molar-refractivity contribution in [2.45, 2.75) is 13.5 Å². The van der Waals surface area contributed by atoms with E-state index in [0.717, 1.165) is 11.1 Å². The number of hydrogen-bond acceptors (Lipinski definition) is 5. The summed E-state index contributed by atoms with van der Waals surface area (Å²) in [6.45, 7) is 2.61. The average molecular weight is 362 g/mol. The van der Waals surface area contributed by atoms with E-state index in [1.165, 1.54) is 0 Å². The lowest BCUT2D eigenvalue weighted by Gasteiger charge is -2.17. The fourth-order valence-electron chi connectivity index (χ4n) is 2.69. The standard InChI is InChI=1S/C21H22N4O2/c1-15-9-10-19(27-3)18(13-15)23-20(26)17-11-12-22-21(24-17)25(2)14-16-7-5-4-6-8-16/h4-13H,14H2,1-3H3,(H,23,26). The molecular weight excluding hydrogens is 340 g/mol. The van der Waals surface area contributed by atoms with Crippen LogP contribution < -0.4 is 15.0 Å². The predicted molar refractivity (Wildman–Crippen MR) is 106 cm³/mol. The zero-order valence-corrected chi connectivity index (χ0v) is 15.6. The maximum atomic E-state index is 12.7. The maximum Gasteiger partial charge on any atom is 0.274 e. The number of hydrogen-bond donors (Lipinski definition) is 1. The Balaban J connectivity index is 1.77. The Hall–Kier alpha value is -3.41. The van der Waals surface area contributed by atoms with Gasteiger partial charge in [0, 0.05) is 19.8 Å². The zero-order valence-electron chi connectivity index (χ0n) is 15.6. The molecule has 0 bridgehead atoms. The first-order chi connectivity index (χ1) is 13.1. The van der Waals surface area contributed by atoms with Gasteiger partial charge < -0.3 is 15.0 Å². The lowest BCUT2D eigenvalue weighted by molar-refractivity contribution is 0.102. The molecule has 0 spiro atoms. The monoisotopic (exact) mass is 362 g/mol. The molecule has 0 radical (unpaired) electrons. The molecule has 1 amide bonds. The third-order valence-electron chi connectivity index (χ3n) is 4.08. The molecule has 1 N–H and O–H groups in total. The van der Waals surface area contributed by atoms with Crippen LogP contribution in [-0.4, -0.2) is 30.0 Å². The Morgan fingerprint density at radius 1 is 1.15 bits per heavy atom. The summed E-state index contributed by atoms with van der Waals surface area (Å²) in [5.41, 5.74) is 3.07. The lowest BCUT2D eigenvalue weighted by Crippen LogP contribution is -2.21. The molecule has 0 saturated carbocycles. The minimum atomic E-state index is -0.310. The summed E-state index contributed by atoms with van der Waals surface area (Å²) < 4.78 is 5.31. The highest BCUT2D eigenvalue weighted by atomic mass is 16.5.